The first-order valence-electron chi connectivity index (χ1n) is 5.79. The molecule has 0 aromatic carbocycles. The molecule has 3 nitrogen and oxygen atoms in total. The van der Waals surface area contributed by atoms with E-state index >= 15 is 0 Å². The molecular weight excluding hydrogens is 204 g/mol. The minimum atomic E-state index is -2.01. The van der Waals surface area contributed by atoms with Crippen LogP contribution in [0.4, 0.5) is 0 Å². The molecule has 0 unspecified atom stereocenters. The van der Waals surface area contributed by atoms with Gasteiger partial charge in [0.25, 0.3) is 0 Å². The lowest BCUT2D eigenvalue weighted by Gasteiger charge is -2.38. The molecule has 0 fully saturated rings. The lowest BCUT2D eigenvalue weighted by atomic mass is 10.2. The summed E-state index contributed by atoms with van der Waals surface area (Å²) in [6, 6.07) is 0.880. The standard InChI is InChI=1S/C11H28N2OSi/c1-9(2)12-15(8,13-10(3)4)14-11(5,6)7/h9-10,12-13H,1-8H3. The number of nitrogens with one attached hydrogen (secondary N) is 2. The third-order valence-corrected chi connectivity index (χ3v) is 4.92. The van der Waals surface area contributed by atoms with Gasteiger partial charge in [0.2, 0.25) is 0 Å². The lowest BCUT2D eigenvalue weighted by Crippen LogP contribution is -2.68. The van der Waals surface area contributed by atoms with Crippen molar-refractivity contribution >= 4 is 8.64 Å². The quantitative estimate of drug-likeness (QED) is 0.714. The Bertz CT molecular complexity index is 178. The molecule has 0 saturated carbocycles. The van der Waals surface area contributed by atoms with E-state index in [0.29, 0.717) is 12.1 Å². The van der Waals surface area contributed by atoms with Crippen molar-refractivity contribution in [1.82, 2.24) is 9.96 Å². The zero-order valence-electron chi connectivity index (χ0n) is 11.6. The van der Waals surface area contributed by atoms with Gasteiger partial charge in [0.15, 0.2) is 0 Å². The van der Waals surface area contributed by atoms with Gasteiger partial charge in [-0.25, -0.2) is 0 Å². The van der Waals surface area contributed by atoms with Gasteiger partial charge in [0.05, 0.1) is 5.60 Å². The van der Waals surface area contributed by atoms with Gasteiger partial charge < -0.3 is 14.4 Å². The summed E-state index contributed by atoms with van der Waals surface area (Å²) < 4.78 is 6.16. The Morgan fingerprint density at radius 2 is 1.27 bits per heavy atom. The highest BCUT2D eigenvalue weighted by molar-refractivity contribution is 6.67. The fraction of sp³-hybridized carbons (Fsp3) is 1.00. The smallest absolute Gasteiger partial charge is 0.349 e. The molecule has 0 spiro atoms. The SMILES string of the molecule is CC(C)N[Si](C)(NC(C)C)OC(C)(C)C. The maximum atomic E-state index is 6.16. The van der Waals surface area contributed by atoms with E-state index in [1.807, 2.05) is 0 Å². The first-order valence-corrected chi connectivity index (χ1v) is 8.20. The zero-order chi connectivity index (χ0) is 12.3. The van der Waals surface area contributed by atoms with Crippen LogP contribution in [0.3, 0.4) is 0 Å². The molecular formula is C11H28N2OSi. The summed E-state index contributed by atoms with van der Waals surface area (Å²) in [7, 11) is -2.01. The highest BCUT2D eigenvalue weighted by Gasteiger charge is 2.35. The molecule has 0 rings (SSSR count). The van der Waals surface area contributed by atoms with Gasteiger partial charge in [-0.1, -0.05) is 27.7 Å². The largest absolute Gasteiger partial charge is 0.387 e. The van der Waals surface area contributed by atoms with Gasteiger partial charge in [-0.05, 0) is 39.4 Å². The second-order valence-corrected chi connectivity index (χ2v) is 8.69. The van der Waals surface area contributed by atoms with Crippen LogP contribution in [0.5, 0.6) is 0 Å². The first kappa shape index (κ1) is 15.1. The molecule has 0 amide bonds. The van der Waals surface area contributed by atoms with Crippen LogP contribution in [-0.2, 0) is 4.43 Å². The van der Waals surface area contributed by atoms with Crippen molar-refractivity contribution in [3.63, 3.8) is 0 Å². The summed E-state index contributed by atoms with van der Waals surface area (Å²) in [6.07, 6.45) is 0. The van der Waals surface area contributed by atoms with Crippen molar-refractivity contribution in [2.24, 2.45) is 0 Å². The van der Waals surface area contributed by atoms with Gasteiger partial charge in [0.1, 0.15) is 0 Å². The zero-order valence-corrected chi connectivity index (χ0v) is 12.6. The van der Waals surface area contributed by atoms with Crippen molar-refractivity contribution < 1.29 is 4.43 Å². The normalized spacial score (nSPS) is 14.0. The number of hydrogen-bond acceptors (Lipinski definition) is 3. The lowest BCUT2D eigenvalue weighted by molar-refractivity contribution is 0.106. The van der Waals surface area contributed by atoms with Gasteiger partial charge in [-0.15, -0.1) is 0 Å². The Balaban J connectivity index is 4.54. The van der Waals surface area contributed by atoms with E-state index in [2.05, 4.69) is 65.0 Å². The van der Waals surface area contributed by atoms with Gasteiger partial charge in [-0.3, -0.25) is 0 Å². The van der Waals surface area contributed by atoms with E-state index in [1.165, 1.54) is 0 Å². The van der Waals surface area contributed by atoms with E-state index in [1.54, 1.807) is 0 Å². The molecule has 2 N–H and O–H groups in total. The van der Waals surface area contributed by atoms with Crippen LogP contribution in [-0.4, -0.2) is 26.3 Å². The van der Waals surface area contributed by atoms with E-state index in [4.69, 9.17) is 4.43 Å². The van der Waals surface area contributed by atoms with E-state index in [9.17, 15) is 0 Å². The highest BCUT2D eigenvalue weighted by atomic mass is 28.4. The molecule has 0 heterocycles. The minimum absolute atomic E-state index is 0.106. The molecule has 0 aromatic rings. The molecule has 4 heteroatoms. The average Bonchev–Trinajstić information content (AvgIpc) is 1.73. The van der Waals surface area contributed by atoms with Crippen molar-refractivity contribution in [1.29, 1.82) is 0 Å². The van der Waals surface area contributed by atoms with E-state index in [0.717, 1.165) is 0 Å². The summed E-state index contributed by atoms with van der Waals surface area (Å²) in [4.78, 5) is 7.10. The predicted octanol–water partition coefficient (Wildman–Crippen LogP) is 2.37. The van der Waals surface area contributed by atoms with Crippen LogP contribution in [0.15, 0.2) is 0 Å². The van der Waals surface area contributed by atoms with Crippen LogP contribution >= 0.6 is 0 Å². The van der Waals surface area contributed by atoms with Crippen LogP contribution in [0.2, 0.25) is 6.55 Å². The molecule has 0 aliphatic rings. The summed E-state index contributed by atoms with van der Waals surface area (Å²) >= 11 is 0. The van der Waals surface area contributed by atoms with Gasteiger partial charge in [0, 0.05) is 0 Å². The Kier molecular flexibility index (Phi) is 5.47. The van der Waals surface area contributed by atoms with Crippen LogP contribution in [0, 0.1) is 0 Å². The fourth-order valence-electron chi connectivity index (χ4n) is 1.81. The second-order valence-electron chi connectivity index (χ2n) is 5.85. The van der Waals surface area contributed by atoms with Crippen LogP contribution in [0.25, 0.3) is 0 Å². The Labute approximate surface area is 96.3 Å². The number of rotatable bonds is 5. The minimum Gasteiger partial charge on any atom is -0.387 e. The molecule has 0 aliphatic heterocycles. The summed E-state index contributed by atoms with van der Waals surface area (Å²) in [5, 5.41) is 0. The summed E-state index contributed by atoms with van der Waals surface area (Å²) in [6.45, 7) is 17.1. The Morgan fingerprint density at radius 3 is 1.47 bits per heavy atom. The maximum Gasteiger partial charge on any atom is 0.349 e. The third-order valence-electron chi connectivity index (χ3n) is 1.64. The van der Waals surface area contributed by atoms with E-state index < -0.39 is 8.64 Å². The van der Waals surface area contributed by atoms with Crippen LogP contribution in [0.1, 0.15) is 48.5 Å². The van der Waals surface area contributed by atoms with Gasteiger partial charge >= 0.3 is 8.64 Å². The third kappa shape index (κ3) is 7.96. The van der Waals surface area contributed by atoms with Crippen molar-refractivity contribution in [3.8, 4) is 0 Å². The molecule has 0 saturated heterocycles. The van der Waals surface area contributed by atoms with Crippen molar-refractivity contribution in [2.45, 2.75) is 72.7 Å². The van der Waals surface area contributed by atoms with E-state index in [-0.39, 0.29) is 5.60 Å². The molecule has 0 aliphatic carbocycles. The average molecular weight is 232 g/mol. The highest BCUT2D eigenvalue weighted by Crippen LogP contribution is 2.14. The fourth-order valence-corrected chi connectivity index (χ4v) is 5.44. The summed E-state index contributed by atoms with van der Waals surface area (Å²) in [5.74, 6) is 0. The molecule has 0 aromatic heterocycles. The first-order chi connectivity index (χ1) is 6.54. The second kappa shape index (κ2) is 5.43. The summed E-state index contributed by atoms with van der Waals surface area (Å²) in [5.41, 5.74) is -0.106. The van der Waals surface area contributed by atoms with Gasteiger partial charge in [-0.2, -0.15) is 0 Å². The predicted molar refractivity (Wildman–Crippen MR) is 69.0 cm³/mol. The monoisotopic (exact) mass is 232 g/mol. The van der Waals surface area contributed by atoms with Crippen molar-refractivity contribution in [2.75, 3.05) is 0 Å². The molecule has 0 bridgehead atoms. The maximum absolute atomic E-state index is 6.16. The Hall–Kier alpha value is 0.0969. The molecule has 0 atom stereocenters. The number of hydrogen-bond donors (Lipinski definition) is 2. The molecule has 0 radical (unpaired) electrons. The van der Waals surface area contributed by atoms with Crippen LogP contribution < -0.4 is 9.96 Å². The molecule has 92 valence electrons. The molecule has 15 heavy (non-hydrogen) atoms. The Morgan fingerprint density at radius 1 is 0.933 bits per heavy atom. The topological polar surface area (TPSA) is 33.3 Å². The van der Waals surface area contributed by atoms with Crippen molar-refractivity contribution in [3.05, 3.63) is 0 Å².